The summed E-state index contributed by atoms with van der Waals surface area (Å²) in [6.45, 7) is 7.48. The second kappa shape index (κ2) is 10.6. The first-order valence-corrected chi connectivity index (χ1v) is 10.7. The van der Waals surface area contributed by atoms with E-state index >= 15 is 0 Å². The topological polar surface area (TPSA) is 104 Å². The standard InChI is InChI=1S/C25H26N2O6/c1-5-31-23(28)16-7-10-18(11-8-16)27-22-19-13-17(24(29)33-15(3)4)9-12-21(19)26-14-20(22)25(30)32-6-2/h7-15H,5-6H2,1-4H3,(H,26,27). The summed E-state index contributed by atoms with van der Waals surface area (Å²) in [5.74, 6) is -1.44. The van der Waals surface area contributed by atoms with E-state index in [2.05, 4.69) is 10.3 Å². The summed E-state index contributed by atoms with van der Waals surface area (Å²) >= 11 is 0. The van der Waals surface area contributed by atoms with Crippen molar-refractivity contribution in [3.8, 4) is 0 Å². The molecule has 0 fully saturated rings. The van der Waals surface area contributed by atoms with E-state index in [0.717, 1.165) is 0 Å². The molecule has 0 saturated heterocycles. The number of carbonyl (C=O) groups excluding carboxylic acids is 3. The summed E-state index contributed by atoms with van der Waals surface area (Å²) in [7, 11) is 0. The van der Waals surface area contributed by atoms with E-state index in [1.807, 2.05) is 0 Å². The lowest BCUT2D eigenvalue weighted by Crippen LogP contribution is -2.12. The van der Waals surface area contributed by atoms with Crippen molar-refractivity contribution >= 4 is 40.2 Å². The molecule has 0 aliphatic rings. The van der Waals surface area contributed by atoms with Gasteiger partial charge in [-0.05, 0) is 70.2 Å². The van der Waals surface area contributed by atoms with Crippen LogP contribution in [0, 0.1) is 0 Å². The van der Waals surface area contributed by atoms with Crippen molar-refractivity contribution in [2.75, 3.05) is 18.5 Å². The van der Waals surface area contributed by atoms with Gasteiger partial charge in [-0.1, -0.05) is 0 Å². The molecule has 3 rings (SSSR count). The van der Waals surface area contributed by atoms with Gasteiger partial charge in [-0.15, -0.1) is 0 Å². The number of pyridine rings is 1. The van der Waals surface area contributed by atoms with Gasteiger partial charge in [-0.3, -0.25) is 4.98 Å². The fourth-order valence-electron chi connectivity index (χ4n) is 3.15. The van der Waals surface area contributed by atoms with Crippen molar-refractivity contribution in [3.05, 3.63) is 65.4 Å². The Morgan fingerprint density at radius 3 is 2.15 bits per heavy atom. The molecule has 1 heterocycles. The van der Waals surface area contributed by atoms with Crippen LogP contribution in [0.1, 0.15) is 58.8 Å². The van der Waals surface area contributed by atoms with Gasteiger partial charge in [0.15, 0.2) is 0 Å². The highest BCUT2D eigenvalue weighted by Crippen LogP contribution is 2.31. The van der Waals surface area contributed by atoms with Crippen molar-refractivity contribution in [3.63, 3.8) is 0 Å². The minimum atomic E-state index is -0.548. The zero-order chi connectivity index (χ0) is 24.0. The molecule has 8 heteroatoms. The Bertz CT molecular complexity index is 1170. The van der Waals surface area contributed by atoms with Gasteiger partial charge in [0.1, 0.15) is 5.56 Å². The molecular formula is C25H26N2O6. The first-order chi connectivity index (χ1) is 15.8. The number of aromatic nitrogens is 1. The molecule has 1 aromatic heterocycles. The summed E-state index contributed by atoms with van der Waals surface area (Å²) in [5.41, 5.74) is 2.59. The van der Waals surface area contributed by atoms with Gasteiger partial charge >= 0.3 is 17.9 Å². The van der Waals surface area contributed by atoms with Gasteiger partial charge in [0.05, 0.1) is 41.6 Å². The number of anilines is 2. The smallest absolute Gasteiger partial charge is 0.341 e. The van der Waals surface area contributed by atoms with Gasteiger partial charge in [0.2, 0.25) is 0 Å². The number of rotatable bonds is 8. The number of benzene rings is 2. The highest BCUT2D eigenvalue weighted by molar-refractivity contribution is 6.07. The highest BCUT2D eigenvalue weighted by Gasteiger charge is 2.19. The van der Waals surface area contributed by atoms with E-state index in [4.69, 9.17) is 14.2 Å². The van der Waals surface area contributed by atoms with Gasteiger partial charge in [-0.2, -0.15) is 0 Å². The van der Waals surface area contributed by atoms with Crippen molar-refractivity contribution in [2.45, 2.75) is 33.8 Å². The molecule has 1 N–H and O–H groups in total. The molecule has 0 aliphatic heterocycles. The minimum Gasteiger partial charge on any atom is -0.462 e. The average Bonchev–Trinajstić information content (AvgIpc) is 2.79. The van der Waals surface area contributed by atoms with Crippen LogP contribution in [0.25, 0.3) is 10.9 Å². The number of carbonyl (C=O) groups is 3. The van der Waals surface area contributed by atoms with Crippen molar-refractivity contribution < 1.29 is 28.6 Å². The second-order valence-electron chi connectivity index (χ2n) is 7.38. The van der Waals surface area contributed by atoms with Crippen molar-refractivity contribution in [1.29, 1.82) is 0 Å². The summed E-state index contributed by atoms with van der Waals surface area (Å²) in [5, 5.41) is 3.76. The summed E-state index contributed by atoms with van der Waals surface area (Å²) < 4.78 is 15.5. The first kappa shape index (κ1) is 23.7. The lowest BCUT2D eigenvalue weighted by molar-refractivity contribution is 0.0377. The number of fused-ring (bicyclic) bond motifs is 1. The number of hydrogen-bond donors (Lipinski definition) is 1. The first-order valence-electron chi connectivity index (χ1n) is 10.7. The molecule has 0 spiro atoms. The zero-order valence-electron chi connectivity index (χ0n) is 19.0. The van der Waals surface area contributed by atoms with Crippen LogP contribution in [-0.2, 0) is 14.2 Å². The Kier molecular flexibility index (Phi) is 7.61. The van der Waals surface area contributed by atoms with Gasteiger partial charge in [0, 0.05) is 17.3 Å². The van der Waals surface area contributed by atoms with Gasteiger partial charge in [-0.25, -0.2) is 14.4 Å². The van der Waals surface area contributed by atoms with Crippen molar-refractivity contribution in [2.24, 2.45) is 0 Å². The number of nitrogens with one attached hydrogen (secondary N) is 1. The molecule has 0 bridgehead atoms. The second-order valence-corrected chi connectivity index (χ2v) is 7.38. The van der Waals surface area contributed by atoms with E-state index in [0.29, 0.717) is 33.4 Å². The number of hydrogen-bond acceptors (Lipinski definition) is 8. The molecule has 0 unspecified atom stereocenters. The van der Waals surface area contributed by atoms with Crippen LogP contribution in [0.5, 0.6) is 0 Å². The van der Waals surface area contributed by atoms with Crippen LogP contribution >= 0.6 is 0 Å². The van der Waals surface area contributed by atoms with Gasteiger partial charge < -0.3 is 19.5 Å². The van der Waals surface area contributed by atoms with Crippen LogP contribution < -0.4 is 5.32 Å². The van der Waals surface area contributed by atoms with Crippen LogP contribution in [0.15, 0.2) is 48.7 Å². The van der Waals surface area contributed by atoms with Crippen molar-refractivity contribution in [1.82, 2.24) is 4.98 Å². The third kappa shape index (κ3) is 5.65. The van der Waals surface area contributed by atoms with E-state index in [1.54, 1.807) is 70.2 Å². The summed E-state index contributed by atoms with van der Waals surface area (Å²) in [4.78, 5) is 41.3. The molecule has 3 aromatic rings. The largest absolute Gasteiger partial charge is 0.462 e. The van der Waals surface area contributed by atoms with E-state index < -0.39 is 17.9 Å². The molecule has 2 aromatic carbocycles. The third-order valence-electron chi connectivity index (χ3n) is 4.61. The van der Waals surface area contributed by atoms with E-state index in [-0.39, 0.29) is 24.9 Å². The molecular weight excluding hydrogens is 424 g/mol. The molecule has 0 radical (unpaired) electrons. The maximum absolute atomic E-state index is 12.6. The fourth-order valence-corrected chi connectivity index (χ4v) is 3.15. The maximum Gasteiger partial charge on any atom is 0.341 e. The molecule has 172 valence electrons. The van der Waals surface area contributed by atoms with Crippen LogP contribution in [0.4, 0.5) is 11.4 Å². The zero-order valence-corrected chi connectivity index (χ0v) is 19.0. The summed E-state index contributed by atoms with van der Waals surface area (Å²) in [6, 6.07) is 11.6. The average molecular weight is 450 g/mol. The SMILES string of the molecule is CCOC(=O)c1ccc(Nc2c(C(=O)OCC)cnc3ccc(C(=O)OC(C)C)cc23)cc1. The molecule has 33 heavy (non-hydrogen) atoms. The molecule has 0 aliphatic carbocycles. The number of esters is 3. The predicted octanol–water partition coefficient (Wildman–Crippen LogP) is 4.90. The molecule has 0 atom stereocenters. The number of ether oxygens (including phenoxy) is 3. The van der Waals surface area contributed by atoms with Crippen LogP contribution in [-0.4, -0.2) is 42.2 Å². The summed E-state index contributed by atoms with van der Waals surface area (Å²) in [6.07, 6.45) is 1.16. The lowest BCUT2D eigenvalue weighted by Gasteiger charge is -2.15. The lowest BCUT2D eigenvalue weighted by atomic mass is 10.1. The monoisotopic (exact) mass is 450 g/mol. The molecule has 0 saturated carbocycles. The normalized spacial score (nSPS) is 10.7. The minimum absolute atomic E-state index is 0.200. The Morgan fingerprint density at radius 1 is 0.879 bits per heavy atom. The maximum atomic E-state index is 12.6. The Balaban J connectivity index is 2.07. The number of nitrogens with zero attached hydrogens (tertiary/aromatic N) is 1. The molecule has 0 amide bonds. The third-order valence-corrected chi connectivity index (χ3v) is 4.61. The Hall–Kier alpha value is -3.94. The Morgan fingerprint density at radius 2 is 1.52 bits per heavy atom. The van der Waals surface area contributed by atoms with E-state index in [9.17, 15) is 14.4 Å². The van der Waals surface area contributed by atoms with Crippen LogP contribution in [0.2, 0.25) is 0 Å². The van der Waals surface area contributed by atoms with Gasteiger partial charge in [0.25, 0.3) is 0 Å². The van der Waals surface area contributed by atoms with Crippen LogP contribution in [0.3, 0.4) is 0 Å². The molecule has 8 nitrogen and oxygen atoms in total. The quantitative estimate of drug-likeness (QED) is 0.382. The predicted molar refractivity (Wildman–Crippen MR) is 124 cm³/mol. The highest BCUT2D eigenvalue weighted by atomic mass is 16.5. The fraction of sp³-hybridized carbons (Fsp3) is 0.280. The van der Waals surface area contributed by atoms with E-state index in [1.165, 1.54) is 6.20 Å². The Labute approximate surface area is 191 Å².